The van der Waals surface area contributed by atoms with Crippen molar-refractivity contribution in [3.8, 4) is 0 Å². The van der Waals surface area contributed by atoms with Gasteiger partial charge in [0.1, 0.15) is 6.04 Å². The molecule has 1 spiro atoms. The molecule has 2 aromatic carbocycles. The van der Waals surface area contributed by atoms with Crippen molar-refractivity contribution in [2.75, 3.05) is 18.5 Å². The highest BCUT2D eigenvalue weighted by Crippen LogP contribution is 2.71. The molecule has 0 aliphatic carbocycles. The Hall–Kier alpha value is -2.55. The summed E-state index contributed by atoms with van der Waals surface area (Å²) in [5.74, 6) is -1.70. The minimum atomic E-state index is -0.726. The maximum absolute atomic E-state index is 13.9. The third-order valence-electron chi connectivity index (χ3n) is 7.79. The van der Waals surface area contributed by atoms with E-state index in [1.165, 1.54) is 0 Å². The molecule has 3 fully saturated rings. The molecule has 3 aliphatic rings. The summed E-state index contributed by atoms with van der Waals surface area (Å²) in [4.78, 5) is 42.8. The van der Waals surface area contributed by atoms with Crippen molar-refractivity contribution >= 4 is 46.8 Å². The molecule has 190 valence electrons. The molecule has 3 aliphatic heterocycles. The number of carbonyl (C=O) groups excluding carboxylic acids is 3. The molecular weight excluding hydrogens is 498 g/mol. The van der Waals surface area contributed by atoms with Gasteiger partial charge in [0, 0.05) is 35.2 Å². The third-order valence-corrected chi connectivity index (χ3v) is 10.0. The lowest BCUT2D eigenvalue weighted by atomic mass is 9.66. The summed E-state index contributed by atoms with van der Waals surface area (Å²) >= 11 is 7.63. The number of nitrogens with one attached hydrogen (secondary N) is 2. The molecule has 36 heavy (non-hydrogen) atoms. The number of anilines is 1. The molecule has 3 heterocycles. The summed E-state index contributed by atoms with van der Waals surface area (Å²) in [7, 11) is 0. The maximum atomic E-state index is 13.9. The maximum Gasteiger partial charge on any atom is 0.248 e. The van der Waals surface area contributed by atoms with Crippen LogP contribution in [0.5, 0.6) is 0 Å². The van der Waals surface area contributed by atoms with Crippen molar-refractivity contribution in [2.24, 2.45) is 11.8 Å². The summed E-state index contributed by atoms with van der Waals surface area (Å²) in [6, 6.07) is 15.8. The molecule has 0 radical (unpaired) electrons. The standard InChI is InChI=1S/C27H30ClN3O4S/c1-26-12-13-27(36-26)21(20(26)23(33)29-16-17-6-3-2-4-7-17)25(35)31(14-5-15-32)22(27)24(34)30-19-10-8-18(28)9-11-19/h2-4,6-11,20-22,32H,5,12-16H2,1H3,(H,29,33)(H,30,34)/t20-,21-,22?,26+,27?/m0/s1. The number of benzene rings is 2. The predicted octanol–water partition coefficient (Wildman–Crippen LogP) is 3.46. The van der Waals surface area contributed by atoms with Crippen LogP contribution < -0.4 is 10.6 Å². The zero-order valence-corrected chi connectivity index (χ0v) is 21.6. The number of rotatable bonds is 8. The van der Waals surface area contributed by atoms with E-state index >= 15 is 0 Å². The second-order valence-electron chi connectivity index (χ2n) is 10.0. The minimum absolute atomic E-state index is 0.0845. The minimum Gasteiger partial charge on any atom is -0.396 e. The van der Waals surface area contributed by atoms with Gasteiger partial charge >= 0.3 is 0 Å². The highest BCUT2D eigenvalue weighted by atomic mass is 35.5. The quantitative estimate of drug-likeness (QED) is 0.488. The van der Waals surface area contributed by atoms with Crippen molar-refractivity contribution in [1.82, 2.24) is 10.2 Å². The first-order valence-electron chi connectivity index (χ1n) is 12.3. The zero-order chi connectivity index (χ0) is 25.5. The van der Waals surface area contributed by atoms with E-state index in [0.29, 0.717) is 30.1 Å². The Morgan fingerprint density at radius 3 is 2.53 bits per heavy atom. The van der Waals surface area contributed by atoms with Gasteiger partial charge in [-0.3, -0.25) is 14.4 Å². The normalized spacial score (nSPS) is 30.4. The van der Waals surface area contributed by atoms with E-state index < -0.39 is 27.4 Å². The van der Waals surface area contributed by atoms with Gasteiger partial charge in [0.2, 0.25) is 17.7 Å². The SMILES string of the molecule is C[C@]12CCC3(S1)C(C(=O)Nc1ccc(Cl)cc1)N(CCCO)C(=O)[C@@H]3[C@H]2C(=O)NCc1ccccc1. The average molecular weight is 528 g/mol. The van der Waals surface area contributed by atoms with Gasteiger partial charge in [-0.25, -0.2) is 0 Å². The van der Waals surface area contributed by atoms with Crippen LogP contribution in [-0.2, 0) is 20.9 Å². The Morgan fingerprint density at radius 1 is 1.11 bits per heavy atom. The third kappa shape index (κ3) is 4.19. The monoisotopic (exact) mass is 527 g/mol. The number of aliphatic hydroxyl groups excluding tert-OH is 1. The number of nitrogens with zero attached hydrogens (tertiary/aromatic N) is 1. The molecule has 5 rings (SSSR count). The van der Waals surface area contributed by atoms with Crippen LogP contribution >= 0.6 is 23.4 Å². The van der Waals surface area contributed by atoms with Gasteiger partial charge in [0.15, 0.2) is 0 Å². The van der Waals surface area contributed by atoms with Crippen LogP contribution in [0, 0.1) is 11.8 Å². The predicted molar refractivity (Wildman–Crippen MR) is 141 cm³/mol. The van der Waals surface area contributed by atoms with E-state index in [4.69, 9.17) is 11.6 Å². The van der Waals surface area contributed by atoms with Gasteiger partial charge in [-0.15, -0.1) is 11.8 Å². The number of hydrogen-bond acceptors (Lipinski definition) is 5. The number of carbonyl (C=O) groups is 3. The number of halogens is 1. The molecule has 5 atom stereocenters. The van der Waals surface area contributed by atoms with E-state index in [1.807, 2.05) is 30.3 Å². The number of thioether (sulfide) groups is 1. The summed E-state index contributed by atoms with van der Waals surface area (Å²) in [6.45, 7) is 2.62. The van der Waals surface area contributed by atoms with Gasteiger partial charge in [-0.2, -0.15) is 0 Å². The van der Waals surface area contributed by atoms with E-state index in [0.717, 1.165) is 12.0 Å². The van der Waals surface area contributed by atoms with Crippen molar-refractivity contribution in [3.63, 3.8) is 0 Å². The van der Waals surface area contributed by atoms with Crippen LogP contribution in [0.4, 0.5) is 5.69 Å². The number of aliphatic hydroxyl groups is 1. The van der Waals surface area contributed by atoms with Crippen molar-refractivity contribution in [1.29, 1.82) is 0 Å². The van der Waals surface area contributed by atoms with Crippen LogP contribution in [0.15, 0.2) is 54.6 Å². The molecule has 3 amide bonds. The smallest absolute Gasteiger partial charge is 0.248 e. The largest absolute Gasteiger partial charge is 0.396 e. The topological polar surface area (TPSA) is 98.7 Å². The first kappa shape index (κ1) is 25.1. The second-order valence-corrected chi connectivity index (χ2v) is 12.4. The number of hydrogen-bond donors (Lipinski definition) is 3. The van der Waals surface area contributed by atoms with Crippen molar-refractivity contribution in [2.45, 2.75) is 48.3 Å². The van der Waals surface area contributed by atoms with Crippen LogP contribution in [-0.4, -0.2) is 56.4 Å². The fourth-order valence-corrected chi connectivity index (χ4v) is 8.73. The fourth-order valence-electron chi connectivity index (χ4n) is 6.25. The Balaban J connectivity index is 1.44. The first-order chi connectivity index (χ1) is 17.3. The molecule has 9 heteroatoms. The highest BCUT2D eigenvalue weighted by Gasteiger charge is 2.76. The van der Waals surface area contributed by atoms with Crippen LogP contribution in [0.3, 0.4) is 0 Å². The zero-order valence-electron chi connectivity index (χ0n) is 20.1. The van der Waals surface area contributed by atoms with Crippen LogP contribution in [0.2, 0.25) is 5.02 Å². The Morgan fingerprint density at radius 2 is 1.83 bits per heavy atom. The molecule has 0 saturated carbocycles. The lowest BCUT2D eigenvalue weighted by Crippen LogP contribution is -2.52. The van der Waals surface area contributed by atoms with Gasteiger partial charge in [0.05, 0.1) is 16.6 Å². The van der Waals surface area contributed by atoms with E-state index in [2.05, 4.69) is 17.6 Å². The van der Waals surface area contributed by atoms with E-state index in [1.54, 1.807) is 40.9 Å². The van der Waals surface area contributed by atoms with Gasteiger partial charge in [-0.05, 0) is 56.0 Å². The summed E-state index contributed by atoms with van der Waals surface area (Å²) in [5.41, 5.74) is 1.59. The number of fused-ring (bicyclic) bond motifs is 1. The Bertz CT molecular complexity index is 1160. The van der Waals surface area contributed by atoms with Crippen LogP contribution in [0.25, 0.3) is 0 Å². The van der Waals surface area contributed by atoms with Gasteiger partial charge in [-0.1, -0.05) is 41.9 Å². The molecule has 7 nitrogen and oxygen atoms in total. The number of amides is 3. The molecule has 3 N–H and O–H groups in total. The molecular formula is C27H30ClN3O4S. The van der Waals surface area contributed by atoms with Crippen molar-refractivity contribution < 1.29 is 19.5 Å². The lowest BCUT2D eigenvalue weighted by Gasteiger charge is -2.34. The summed E-state index contributed by atoms with van der Waals surface area (Å²) in [6.07, 6.45) is 1.80. The van der Waals surface area contributed by atoms with Gasteiger partial charge in [0.25, 0.3) is 0 Å². The molecule has 3 saturated heterocycles. The highest BCUT2D eigenvalue weighted by molar-refractivity contribution is 8.02. The summed E-state index contributed by atoms with van der Waals surface area (Å²) in [5, 5.41) is 16.1. The van der Waals surface area contributed by atoms with Crippen LogP contribution in [0.1, 0.15) is 31.7 Å². The Kier molecular flexibility index (Phi) is 6.78. The fraction of sp³-hybridized carbons (Fsp3) is 0.444. The van der Waals surface area contributed by atoms with E-state index in [9.17, 15) is 19.5 Å². The molecule has 2 aromatic rings. The van der Waals surface area contributed by atoms with E-state index in [-0.39, 0.29) is 30.9 Å². The average Bonchev–Trinajstić information content (AvgIpc) is 3.44. The number of likely N-dealkylation sites (tertiary alicyclic amines) is 1. The van der Waals surface area contributed by atoms with Crippen molar-refractivity contribution in [3.05, 3.63) is 65.2 Å². The lowest BCUT2D eigenvalue weighted by molar-refractivity contribution is -0.140. The molecule has 2 bridgehead atoms. The first-order valence-corrected chi connectivity index (χ1v) is 13.5. The second kappa shape index (κ2) is 9.72. The molecule has 2 unspecified atom stereocenters. The Labute approximate surface area is 220 Å². The summed E-state index contributed by atoms with van der Waals surface area (Å²) < 4.78 is -1.12. The van der Waals surface area contributed by atoms with Gasteiger partial charge < -0.3 is 20.6 Å². The molecule has 0 aromatic heterocycles.